The number of nitrogens with one attached hydrogen (secondary N) is 2. The molecule has 5 nitrogen and oxygen atoms in total. The minimum atomic E-state index is -4.47. The Hall–Kier alpha value is -3.13. The van der Waals surface area contributed by atoms with Gasteiger partial charge in [0, 0.05) is 53.7 Å². The third-order valence-corrected chi connectivity index (χ3v) is 6.84. The van der Waals surface area contributed by atoms with Crippen molar-refractivity contribution in [2.24, 2.45) is 7.05 Å². The number of hydrogen-bond acceptors (Lipinski definition) is 3. The first-order chi connectivity index (χ1) is 16.2. The van der Waals surface area contributed by atoms with Crippen molar-refractivity contribution in [2.45, 2.75) is 43.9 Å². The van der Waals surface area contributed by atoms with Crippen LogP contribution < -0.4 is 10.6 Å². The average molecular weight is 488 g/mol. The molecule has 5 rings (SSSR count). The van der Waals surface area contributed by atoms with Crippen LogP contribution in [0.1, 0.15) is 36.9 Å². The second kappa shape index (κ2) is 8.58. The zero-order valence-corrected chi connectivity index (χ0v) is 19.4. The number of aryl methyl sites for hydroxylation is 1. The molecule has 0 aliphatic heterocycles. The van der Waals surface area contributed by atoms with Crippen molar-refractivity contribution < 1.29 is 13.2 Å². The molecule has 3 aromatic heterocycles. The van der Waals surface area contributed by atoms with Gasteiger partial charge in [0.05, 0.1) is 5.02 Å². The van der Waals surface area contributed by atoms with Crippen molar-refractivity contribution in [1.29, 1.82) is 0 Å². The molecule has 0 saturated heterocycles. The number of nitrogens with zero attached hydrogens (tertiary/aromatic N) is 3. The first kappa shape index (κ1) is 22.7. The van der Waals surface area contributed by atoms with Gasteiger partial charge in [0.25, 0.3) is 0 Å². The van der Waals surface area contributed by atoms with Gasteiger partial charge in [-0.1, -0.05) is 30.3 Å². The summed E-state index contributed by atoms with van der Waals surface area (Å²) in [7, 11) is 1.99. The van der Waals surface area contributed by atoms with Crippen LogP contribution in [0, 0.1) is 0 Å². The molecular weight excluding hydrogens is 463 g/mol. The van der Waals surface area contributed by atoms with Crippen LogP contribution in [0.3, 0.4) is 0 Å². The summed E-state index contributed by atoms with van der Waals surface area (Å²) in [4.78, 5) is 3.71. The van der Waals surface area contributed by atoms with Crippen LogP contribution in [-0.2, 0) is 13.2 Å². The third-order valence-electron chi connectivity index (χ3n) is 6.53. The summed E-state index contributed by atoms with van der Waals surface area (Å²) in [6, 6.07) is 11.4. The molecule has 9 heteroatoms. The normalized spacial score (nSPS) is 19.0. The van der Waals surface area contributed by atoms with E-state index in [1.54, 1.807) is 18.2 Å². The van der Waals surface area contributed by atoms with Crippen LogP contribution >= 0.6 is 11.6 Å². The Morgan fingerprint density at radius 1 is 1.06 bits per heavy atom. The highest BCUT2D eigenvalue weighted by molar-refractivity contribution is 6.36. The Morgan fingerprint density at radius 2 is 1.76 bits per heavy atom. The molecule has 2 N–H and O–H groups in total. The largest absolute Gasteiger partial charge is 0.434 e. The molecule has 0 spiro atoms. The molecule has 1 fully saturated rings. The van der Waals surface area contributed by atoms with E-state index in [4.69, 9.17) is 11.6 Å². The molecule has 0 atom stereocenters. The van der Waals surface area contributed by atoms with Crippen molar-refractivity contribution in [3.8, 4) is 0 Å². The predicted molar refractivity (Wildman–Crippen MR) is 130 cm³/mol. The molecule has 34 heavy (non-hydrogen) atoms. The van der Waals surface area contributed by atoms with Crippen molar-refractivity contribution in [2.75, 3.05) is 5.32 Å². The van der Waals surface area contributed by atoms with Crippen LogP contribution in [0.15, 0.2) is 55.4 Å². The molecule has 3 heterocycles. The number of fused-ring (bicyclic) bond motifs is 2. The Labute approximate surface area is 200 Å². The Bertz CT molecular complexity index is 1360. The van der Waals surface area contributed by atoms with E-state index < -0.39 is 11.9 Å². The molecule has 0 unspecified atom stereocenters. The lowest BCUT2D eigenvalue weighted by Gasteiger charge is -2.31. The van der Waals surface area contributed by atoms with Gasteiger partial charge in [-0.2, -0.15) is 13.2 Å². The van der Waals surface area contributed by atoms with Crippen LogP contribution in [0.5, 0.6) is 0 Å². The zero-order valence-electron chi connectivity index (χ0n) is 18.7. The first-order valence-corrected chi connectivity index (χ1v) is 11.6. The topological polar surface area (TPSA) is 46.3 Å². The zero-order chi connectivity index (χ0) is 24.0. The van der Waals surface area contributed by atoms with Gasteiger partial charge in [0.1, 0.15) is 11.5 Å². The van der Waals surface area contributed by atoms with E-state index in [0.29, 0.717) is 10.8 Å². The molecule has 4 aromatic rings. The summed E-state index contributed by atoms with van der Waals surface area (Å²) >= 11 is 6.47. The number of aromatic nitrogens is 3. The highest BCUT2D eigenvalue weighted by atomic mass is 35.5. The van der Waals surface area contributed by atoms with E-state index in [1.807, 2.05) is 36.0 Å². The van der Waals surface area contributed by atoms with E-state index in [1.165, 1.54) is 4.40 Å². The first-order valence-electron chi connectivity index (χ1n) is 11.2. The minimum absolute atomic E-state index is 0.167. The summed E-state index contributed by atoms with van der Waals surface area (Å²) in [6.07, 6.45) is 2.23. The lowest BCUT2D eigenvalue weighted by Crippen LogP contribution is -2.36. The predicted octanol–water partition coefficient (Wildman–Crippen LogP) is 6.48. The number of benzene rings is 1. The van der Waals surface area contributed by atoms with Gasteiger partial charge in [-0.05, 0) is 49.9 Å². The second-order valence-electron chi connectivity index (χ2n) is 8.87. The summed E-state index contributed by atoms with van der Waals surface area (Å²) in [6.45, 7) is 4.27. The highest BCUT2D eigenvalue weighted by Crippen LogP contribution is 2.33. The Balaban J connectivity index is 1.24. The fourth-order valence-electron chi connectivity index (χ4n) is 4.81. The molecule has 1 aliphatic rings. The molecule has 1 aliphatic carbocycles. The van der Waals surface area contributed by atoms with Gasteiger partial charge >= 0.3 is 6.18 Å². The molecule has 178 valence electrons. The minimum Gasteiger partial charge on any atom is -0.382 e. The van der Waals surface area contributed by atoms with Crippen molar-refractivity contribution in [3.63, 3.8) is 0 Å². The number of hydrogen-bond donors (Lipinski definition) is 2. The lowest BCUT2D eigenvalue weighted by molar-refractivity contribution is -0.140. The van der Waals surface area contributed by atoms with Crippen LogP contribution in [-0.4, -0.2) is 26.0 Å². The number of anilines is 1. The SMILES string of the molecule is C=C(NC1CCC(Nc2cccc3nc(C(F)(F)F)cn23)CC1)c1cn(C)c2cccc(Cl)c12. The molecule has 0 radical (unpaired) electrons. The van der Waals surface area contributed by atoms with Gasteiger partial charge in [-0.25, -0.2) is 4.98 Å². The average Bonchev–Trinajstić information content (AvgIpc) is 3.38. The van der Waals surface area contributed by atoms with Gasteiger partial charge in [0.2, 0.25) is 0 Å². The van der Waals surface area contributed by atoms with Gasteiger partial charge in [-0.3, -0.25) is 4.40 Å². The maximum Gasteiger partial charge on any atom is 0.434 e. The van der Waals surface area contributed by atoms with Gasteiger partial charge < -0.3 is 15.2 Å². The standard InChI is InChI=1S/C25H25ClF3N5/c1-15(18-13-33(2)20-6-3-5-19(26)24(18)20)30-16-9-11-17(12-10-16)31-22-7-4-8-23-32-21(14-34(22)23)25(27,28)29/h3-8,13-14,16-17,30-31H,1,9-12H2,2H3. The number of halogens is 4. The van der Waals surface area contributed by atoms with E-state index in [-0.39, 0.29) is 17.7 Å². The van der Waals surface area contributed by atoms with Crippen LogP contribution in [0.4, 0.5) is 19.0 Å². The summed E-state index contributed by atoms with van der Waals surface area (Å²) < 4.78 is 42.7. The Kier molecular flexibility index (Phi) is 5.72. The fourth-order valence-corrected chi connectivity index (χ4v) is 5.08. The number of pyridine rings is 1. The summed E-state index contributed by atoms with van der Waals surface area (Å²) in [5.74, 6) is 0.617. The maximum absolute atomic E-state index is 13.1. The van der Waals surface area contributed by atoms with Crippen LogP contribution in [0.25, 0.3) is 22.2 Å². The molecule has 0 amide bonds. The van der Waals surface area contributed by atoms with Crippen LogP contribution in [0.2, 0.25) is 5.02 Å². The molecular formula is C25H25ClF3N5. The lowest BCUT2D eigenvalue weighted by atomic mass is 9.90. The summed E-state index contributed by atoms with van der Waals surface area (Å²) in [5, 5.41) is 8.67. The molecule has 1 aromatic carbocycles. The highest BCUT2D eigenvalue weighted by Gasteiger charge is 2.34. The molecule has 1 saturated carbocycles. The quantitative estimate of drug-likeness (QED) is 0.338. The molecule has 0 bridgehead atoms. The van der Waals surface area contributed by atoms with Gasteiger partial charge in [-0.15, -0.1) is 0 Å². The number of rotatable bonds is 5. The monoisotopic (exact) mass is 487 g/mol. The van der Waals surface area contributed by atoms with Crippen molar-refractivity contribution in [1.82, 2.24) is 19.3 Å². The number of alkyl halides is 3. The van der Waals surface area contributed by atoms with Crippen molar-refractivity contribution in [3.05, 3.63) is 71.7 Å². The van der Waals surface area contributed by atoms with Gasteiger partial charge in [0.15, 0.2) is 5.69 Å². The smallest absolute Gasteiger partial charge is 0.382 e. The number of imidazole rings is 1. The van der Waals surface area contributed by atoms with E-state index in [9.17, 15) is 13.2 Å². The second-order valence-corrected chi connectivity index (χ2v) is 9.27. The maximum atomic E-state index is 13.1. The third kappa shape index (κ3) is 4.22. The summed E-state index contributed by atoms with van der Waals surface area (Å²) in [5.41, 5.74) is 2.29. The van der Waals surface area contributed by atoms with E-state index >= 15 is 0 Å². The Morgan fingerprint density at radius 3 is 2.50 bits per heavy atom. The fraction of sp³-hybridized carbons (Fsp3) is 0.320. The van der Waals surface area contributed by atoms with E-state index in [2.05, 4.69) is 22.2 Å². The van der Waals surface area contributed by atoms with E-state index in [0.717, 1.165) is 54.0 Å². The van der Waals surface area contributed by atoms with Crippen molar-refractivity contribution >= 4 is 39.7 Å².